The lowest BCUT2D eigenvalue weighted by Gasteiger charge is -2.08. The van der Waals surface area contributed by atoms with E-state index in [1.807, 2.05) is 10.3 Å². The van der Waals surface area contributed by atoms with Crippen molar-refractivity contribution in [3.8, 4) is 0 Å². The molecular weight excluding hydrogens is 341 g/mol. The van der Waals surface area contributed by atoms with Crippen molar-refractivity contribution in [2.24, 2.45) is 0 Å². The van der Waals surface area contributed by atoms with Crippen molar-refractivity contribution in [1.29, 1.82) is 0 Å². The van der Waals surface area contributed by atoms with E-state index in [2.05, 4.69) is 0 Å². The summed E-state index contributed by atoms with van der Waals surface area (Å²) in [7, 11) is -4.02. The molecule has 24 heavy (non-hydrogen) atoms. The molecule has 8 nitrogen and oxygen atoms in total. The Balaban J connectivity index is 1.95. The van der Waals surface area contributed by atoms with Crippen LogP contribution in [-0.2, 0) is 21.2 Å². The van der Waals surface area contributed by atoms with E-state index in [4.69, 9.17) is 0 Å². The first-order chi connectivity index (χ1) is 11.3. The van der Waals surface area contributed by atoms with Crippen LogP contribution < -0.4 is 10.3 Å². The molecular formula is C14H12FN3O5S. The third-order valence-corrected chi connectivity index (χ3v) is 4.22. The Labute approximate surface area is 136 Å². The number of hydrogen-bond acceptors (Lipinski definition) is 5. The number of nitro groups is 1. The number of carbonyl (C=O) groups is 1. The maximum absolute atomic E-state index is 12.8. The summed E-state index contributed by atoms with van der Waals surface area (Å²) in [5.74, 6) is -1.24. The maximum atomic E-state index is 12.8. The van der Waals surface area contributed by atoms with Crippen LogP contribution >= 0.6 is 0 Å². The Morgan fingerprint density at radius 2 is 1.67 bits per heavy atom. The third-order valence-electron chi connectivity index (χ3n) is 2.96. The summed E-state index contributed by atoms with van der Waals surface area (Å²) in [5.41, 5.74) is 2.37. The van der Waals surface area contributed by atoms with Crippen molar-refractivity contribution in [2.75, 3.05) is 0 Å². The Bertz CT molecular complexity index is 851. The minimum absolute atomic E-state index is 0.115. The van der Waals surface area contributed by atoms with Crippen LogP contribution in [0.5, 0.6) is 0 Å². The smallest absolute Gasteiger partial charge is 0.269 e. The predicted octanol–water partition coefficient (Wildman–Crippen LogP) is 1.29. The van der Waals surface area contributed by atoms with Crippen molar-refractivity contribution in [3.63, 3.8) is 0 Å². The van der Waals surface area contributed by atoms with Gasteiger partial charge in [0.05, 0.1) is 16.2 Å². The molecule has 0 aromatic heterocycles. The number of amides is 1. The Kier molecular flexibility index (Phi) is 5.21. The van der Waals surface area contributed by atoms with E-state index in [0.29, 0.717) is 5.56 Å². The van der Waals surface area contributed by atoms with Crippen LogP contribution in [0.3, 0.4) is 0 Å². The average molecular weight is 353 g/mol. The summed E-state index contributed by atoms with van der Waals surface area (Å²) >= 11 is 0. The van der Waals surface area contributed by atoms with Crippen molar-refractivity contribution >= 4 is 21.6 Å². The predicted molar refractivity (Wildman–Crippen MR) is 81.7 cm³/mol. The number of non-ortho nitro benzene ring substituents is 1. The van der Waals surface area contributed by atoms with Crippen LogP contribution in [0.15, 0.2) is 53.4 Å². The highest BCUT2D eigenvalue weighted by Crippen LogP contribution is 2.12. The summed E-state index contributed by atoms with van der Waals surface area (Å²) in [5, 5.41) is 10.5. The highest BCUT2D eigenvalue weighted by Gasteiger charge is 2.15. The second-order valence-corrected chi connectivity index (χ2v) is 6.39. The molecule has 1 amide bonds. The Morgan fingerprint density at radius 1 is 1.08 bits per heavy atom. The van der Waals surface area contributed by atoms with E-state index >= 15 is 0 Å². The fourth-order valence-electron chi connectivity index (χ4n) is 1.76. The molecule has 0 aliphatic rings. The van der Waals surface area contributed by atoms with Gasteiger partial charge in [-0.2, -0.15) is 0 Å². The Morgan fingerprint density at radius 3 is 2.21 bits per heavy atom. The number of hydrogen-bond donors (Lipinski definition) is 2. The second-order valence-electron chi connectivity index (χ2n) is 4.71. The quantitative estimate of drug-likeness (QED) is 0.599. The van der Waals surface area contributed by atoms with Gasteiger partial charge < -0.3 is 0 Å². The van der Waals surface area contributed by atoms with Gasteiger partial charge in [-0.05, 0) is 29.8 Å². The largest absolute Gasteiger partial charge is 0.277 e. The monoisotopic (exact) mass is 353 g/mol. The zero-order chi connectivity index (χ0) is 17.7. The molecule has 2 aromatic rings. The van der Waals surface area contributed by atoms with Gasteiger partial charge in [0.2, 0.25) is 5.91 Å². The lowest BCUT2D eigenvalue weighted by atomic mass is 10.1. The van der Waals surface area contributed by atoms with Crippen LogP contribution in [0, 0.1) is 15.9 Å². The first kappa shape index (κ1) is 17.5. The van der Waals surface area contributed by atoms with E-state index in [9.17, 15) is 27.7 Å². The highest BCUT2D eigenvalue weighted by atomic mass is 32.2. The molecule has 0 saturated heterocycles. The first-order valence-corrected chi connectivity index (χ1v) is 8.06. The van der Waals surface area contributed by atoms with E-state index < -0.39 is 26.7 Å². The molecule has 10 heteroatoms. The number of benzene rings is 2. The Hall–Kier alpha value is -2.85. The first-order valence-electron chi connectivity index (χ1n) is 6.57. The van der Waals surface area contributed by atoms with Crippen LogP contribution in [0.1, 0.15) is 5.56 Å². The standard InChI is InChI=1S/C14H12FN3O5S/c15-11-3-7-13(8-4-11)24(22,23)17-16-14(19)9-10-1-5-12(6-2-10)18(20)21/h1-8,17H,9H2,(H,16,19). The molecule has 0 radical (unpaired) electrons. The van der Waals surface area contributed by atoms with Crippen molar-refractivity contribution in [3.05, 3.63) is 70.0 Å². The normalized spacial score (nSPS) is 11.0. The fraction of sp³-hybridized carbons (Fsp3) is 0.0714. The number of rotatable bonds is 6. The van der Waals surface area contributed by atoms with Gasteiger partial charge in [0.1, 0.15) is 5.82 Å². The number of nitrogens with one attached hydrogen (secondary N) is 2. The van der Waals surface area contributed by atoms with E-state index in [1.54, 1.807) is 0 Å². The van der Waals surface area contributed by atoms with Crippen molar-refractivity contribution in [1.82, 2.24) is 10.3 Å². The average Bonchev–Trinajstić information content (AvgIpc) is 2.54. The van der Waals surface area contributed by atoms with Gasteiger partial charge in [-0.15, -0.1) is 4.83 Å². The molecule has 0 fully saturated rings. The SMILES string of the molecule is O=C(Cc1ccc([N+](=O)[O-])cc1)NNS(=O)(=O)c1ccc(F)cc1. The number of nitrogens with zero attached hydrogens (tertiary/aromatic N) is 1. The third kappa shape index (κ3) is 4.57. The summed E-state index contributed by atoms with van der Waals surface area (Å²) in [6, 6.07) is 9.34. The highest BCUT2D eigenvalue weighted by molar-refractivity contribution is 7.89. The van der Waals surface area contributed by atoms with Crippen molar-refractivity contribution < 1.29 is 22.5 Å². The summed E-state index contributed by atoms with van der Waals surface area (Å²) in [4.78, 5) is 23.4. The van der Waals surface area contributed by atoms with Crippen LogP contribution in [-0.4, -0.2) is 19.2 Å². The molecule has 0 aliphatic carbocycles. The number of halogens is 1. The van der Waals surface area contributed by atoms with Crippen molar-refractivity contribution in [2.45, 2.75) is 11.3 Å². The molecule has 126 valence electrons. The topological polar surface area (TPSA) is 118 Å². The molecule has 0 atom stereocenters. The van der Waals surface area contributed by atoms with E-state index in [1.165, 1.54) is 24.3 Å². The van der Waals surface area contributed by atoms with E-state index in [0.717, 1.165) is 24.3 Å². The van der Waals surface area contributed by atoms with Gasteiger partial charge in [0.15, 0.2) is 0 Å². The van der Waals surface area contributed by atoms with Gasteiger partial charge in [-0.25, -0.2) is 12.8 Å². The van der Waals surface area contributed by atoms with Gasteiger partial charge in [0.25, 0.3) is 15.7 Å². The van der Waals surface area contributed by atoms with Crippen LogP contribution in [0.4, 0.5) is 10.1 Å². The lowest BCUT2D eigenvalue weighted by molar-refractivity contribution is -0.384. The lowest BCUT2D eigenvalue weighted by Crippen LogP contribution is -2.42. The van der Waals surface area contributed by atoms with Gasteiger partial charge >= 0.3 is 0 Å². The molecule has 2 aromatic carbocycles. The van der Waals surface area contributed by atoms with Gasteiger partial charge in [-0.3, -0.25) is 20.3 Å². The second kappa shape index (κ2) is 7.15. The number of hydrazine groups is 1. The molecule has 0 spiro atoms. The molecule has 0 bridgehead atoms. The molecule has 2 N–H and O–H groups in total. The summed E-state index contributed by atoms with van der Waals surface area (Å²) < 4.78 is 36.6. The zero-order valence-electron chi connectivity index (χ0n) is 12.1. The molecule has 0 aliphatic heterocycles. The number of nitro benzene ring substituents is 1. The number of sulfonamides is 1. The van der Waals surface area contributed by atoms with Gasteiger partial charge in [0, 0.05) is 12.1 Å². The minimum atomic E-state index is -4.02. The molecule has 2 rings (SSSR count). The molecule has 0 heterocycles. The minimum Gasteiger partial charge on any atom is -0.277 e. The molecule has 0 saturated carbocycles. The van der Waals surface area contributed by atoms with Crippen LogP contribution in [0.2, 0.25) is 0 Å². The van der Waals surface area contributed by atoms with E-state index in [-0.39, 0.29) is 17.0 Å². The summed E-state index contributed by atoms with van der Waals surface area (Å²) in [6.45, 7) is 0. The zero-order valence-corrected chi connectivity index (χ0v) is 12.9. The van der Waals surface area contributed by atoms with Gasteiger partial charge in [-0.1, -0.05) is 12.1 Å². The number of carbonyl (C=O) groups excluding carboxylic acids is 1. The molecule has 0 unspecified atom stereocenters. The maximum Gasteiger partial charge on any atom is 0.269 e. The summed E-state index contributed by atoms with van der Waals surface area (Å²) in [6.07, 6.45) is -0.177. The van der Waals surface area contributed by atoms with Crippen LogP contribution in [0.25, 0.3) is 0 Å². The fourth-order valence-corrected chi connectivity index (χ4v) is 2.62.